The quantitative estimate of drug-likeness (QED) is 0.925. The number of likely N-dealkylation sites (tertiary alicyclic amines) is 1. The van der Waals surface area contributed by atoms with Crippen LogP contribution < -0.4 is 4.72 Å². The highest BCUT2D eigenvalue weighted by molar-refractivity contribution is 7.89. The summed E-state index contributed by atoms with van der Waals surface area (Å²) in [5.74, 6) is -0.0783. The van der Waals surface area contributed by atoms with Crippen molar-refractivity contribution >= 4 is 15.9 Å². The zero-order chi connectivity index (χ0) is 15.3. The molecule has 0 unspecified atom stereocenters. The van der Waals surface area contributed by atoms with Gasteiger partial charge in [-0.15, -0.1) is 0 Å². The van der Waals surface area contributed by atoms with Crippen LogP contribution in [0, 0.1) is 0 Å². The lowest BCUT2D eigenvalue weighted by molar-refractivity contribution is 0.0761. The molecule has 1 saturated heterocycles. The number of benzene rings is 1. The van der Waals surface area contributed by atoms with Crippen molar-refractivity contribution in [2.75, 3.05) is 19.6 Å². The highest BCUT2D eigenvalue weighted by Crippen LogP contribution is 2.16. The summed E-state index contributed by atoms with van der Waals surface area (Å²) in [4.78, 5) is 14.5. The van der Waals surface area contributed by atoms with Gasteiger partial charge in [-0.25, -0.2) is 13.1 Å². The van der Waals surface area contributed by atoms with Gasteiger partial charge in [0, 0.05) is 25.2 Å². The van der Waals surface area contributed by atoms with Crippen molar-refractivity contribution in [3.8, 4) is 0 Å². The molecule has 1 fully saturated rings. The number of hydrogen-bond donors (Lipinski definition) is 1. The summed E-state index contributed by atoms with van der Waals surface area (Å²) in [6.45, 7) is 3.56. The first-order chi connectivity index (χ1) is 10.0. The fourth-order valence-electron chi connectivity index (χ4n) is 2.53. The molecule has 5 nitrogen and oxygen atoms in total. The van der Waals surface area contributed by atoms with E-state index in [2.05, 4.69) is 4.72 Å². The molecule has 0 aromatic heterocycles. The van der Waals surface area contributed by atoms with Gasteiger partial charge in [0.2, 0.25) is 10.0 Å². The second-order valence-corrected chi connectivity index (χ2v) is 7.00. The van der Waals surface area contributed by atoms with Crippen LogP contribution >= 0.6 is 0 Å². The van der Waals surface area contributed by atoms with E-state index >= 15 is 0 Å². The van der Waals surface area contributed by atoms with Gasteiger partial charge in [-0.1, -0.05) is 25.8 Å². The Morgan fingerprint density at radius 2 is 1.86 bits per heavy atom. The number of sulfonamides is 1. The van der Waals surface area contributed by atoms with E-state index in [1.165, 1.54) is 12.1 Å². The molecule has 1 aliphatic rings. The van der Waals surface area contributed by atoms with Gasteiger partial charge in [0.25, 0.3) is 5.91 Å². The minimum atomic E-state index is -3.53. The Morgan fingerprint density at radius 1 is 1.19 bits per heavy atom. The van der Waals surface area contributed by atoms with Crippen LogP contribution in [0.2, 0.25) is 0 Å². The van der Waals surface area contributed by atoms with Crippen molar-refractivity contribution in [2.45, 2.75) is 37.5 Å². The smallest absolute Gasteiger partial charge is 0.253 e. The van der Waals surface area contributed by atoms with Crippen molar-refractivity contribution in [1.29, 1.82) is 0 Å². The van der Waals surface area contributed by atoms with Gasteiger partial charge in [0.1, 0.15) is 0 Å². The average Bonchev–Trinajstić information content (AvgIpc) is 2.75. The summed E-state index contributed by atoms with van der Waals surface area (Å²) in [6.07, 6.45) is 4.33. The van der Waals surface area contributed by atoms with Crippen LogP contribution in [0.1, 0.15) is 43.0 Å². The van der Waals surface area contributed by atoms with E-state index in [0.29, 0.717) is 12.1 Å². The average molecular weight is 310 g/mol. The van der Waals surface area contributed by atoms with Gasteiger partial charge >= 0.3 is 0 Å². The second-order valence-electron chi connectivity index (χ2n) is 5.24. The molecule has 1 aliphatic heterocycles. The molecule has 0 spiro atoms. The molecule has 1 N–H and O–H groups in total. The van der Waals surface area contributed by atoms with Crippen LogP contribution in [0.3, 0.4) is 0 Å². The van der Waals surface area contributed by atoms with Gasteiger partial charge in [-0.2, -0.15) is 0 Å². The fraction of sp³-hybridized carbons (Fsp3) is 0.533. The first-order valence-corrected chi connectivity index (χ1v) is 8.92. The van der Waals surface area contributed by atoms with Crippen LogP contribution in [-0.4, -0.2) is 38.9 Å². The summed E-state index contributed by atoms with van der Waals surface area (Å²) in [7, 11) is -3.53. The van der Waals surface area contributed by atoms with Gasteiger partial charge in [-0.3, -0.25) is 4.79 Å². The lowest BCUT2D eigenvalue weighted by atomic mass is 10.2. The summed E-state index contributed by atoms with van der Waals surface area (Å²) in [5.41, 5.74) is 0.441. The second kappa shape index (κ2) is 7.04. The van der Waals surface area contributed by atoms with Crippen molar-refractivity contribution in [1.82, 2.24) is 9.62 Å². The lowest BCUT2D eigenvalue weighted by Crippen LogP contribution is -2.32. The van der Waals surface area contributed by atoms with Crippen LogP contribution in [0.25, 0.3) is 0 Å². The number of nitrogens with one attached hydrogen (secondary N) is 1. The van der Waals surface area contributed by atoms with Crippen LogP contribution in [-0.2, 0) is 10.0 Å². The summed E-state index contributed by atoms with van der Waals surface area (Å²) < 4.78 is 26.4. The number of rotatable bonds is 4. The molecule has 116 valence electrons. The zero-order valence-corrected chi connectivity index (χ0v) is 13.2. The molecule has 1 heterocycles. The first kappa shape index (κ1) is 16.0. The fourth-order valence-corrected chi connectivity index (χ4v) is 3.61. The first-order valence-electron chi connectivity index (χ1n) is 7.43. The third kappa shape index (κ3) is 4.04. The van der Waals surface area contributed by atoms with Crippen molar-refractivity contribution in [2.24, 2.45) is 0 Å². The summed E-state index contributed by atoms with van der Waals surface area (Å²) in [5, 5.41) is 0. The van der Waals surface area contributed by atoms with E-state index in [1.54, 1.807) is 19.1 Å². The summed E-state index contributed by atoms with van der Waals surface area (Å²) >= 11 is 0. The van der Waals surface area contributed by atoms with Crippen LogP contribution in [0.15, 0.2) is 29.2 Å². The minimum absolute atomic E-state index is 0.0783. The monoisotopic (exact) mass is 310 g/mol. The van der Waals surface area contributed by atoms with E-state index in [0.717, 1.165) is 38.8 Å². The van der Waals surface area contributed by atoms with Crippen molar-refractivity contribution in [3.05, 3.63) is 29.8 Å². The molecule has 0 atom stereocenters. The molecule has 0 bridgehead atoms. The number of nitrogens with zero attached hydrogens (tertiary/aromatic N) is 1. The molecule has 0 saturated carbocycles. The highest BCUT2D eigenvalue weighted by atomic mass is 32.2. The number of carbonyl (C=O) groups is 1. The Balaban J connectivity index is 2.22. The summed E-state index contributed by atoms with van der Waals surface area (Å²) in [6, 6.07) is 6.27. The van der Waals surface area contributed by atoms with Crippen molar-refractivity contribution in [3.63, 3.8) is 0 Å². The molecular formula is C15H22N2O3S. The van der Waals surface area contributed by atoms with Gasteiger partial charge in [0.05, 0.1) is 4.90 Å². The van der Waals surface area contributed by atoms with Crippen LogP contribution in [0.4, 0.5) is 0 Å². The molecule has 2 rings (SSSR count). The Labute approximate surface area is 126 Å². The minimum Gasteiger partial charge on any atom is -0.339 e. The number of hydrogen-bond acceptors (Lipinski definition) is 3. The van der Waals surface area contributed by atoms with Crippen molar-refractivity contribution < 1.29 is 13.2 Å². The maximum absolute atomic E-state index is 12.5. The van der Waals surface area contributed by atoms with E-state index in [-0.39, 0.29) is 10.8 Å². The van der Waals surface area contributed by atoms with E-state index in [4.69, 9.17) is 0 Å². The van der Waals surface area contributed by atoms with Gasteiger partial charge in [0.15, 0.2) is 0 Å². The molecule has 1 amide bonds. The molecule has 21 heavy (non-hydrogen) atoms. The van der Waals surface area contributed by atoms with Gasteiger partial charge < -0.3 is 4.90 Å². The Bertz CT molecular complexity index is 591. The maximum Gasteiger partial charge on any atom is 0.253 e. The highest BCUT2D eigenvalue weighted by Gasteiger charge is 2.20. The van der Waals surface area contributed by atoms with E-state index in [1.807, 2.05) is 4.90 Å². The molecule has 1 aromatic carbocycles. The molecule has 0 radical (unpaired) electrons. The zero-order valence-electron chi connectivity index (χ0n) is 12.3. The molecular weight excluding hydrogens is 288 g/mol. The Hall–Kier alpha value is -1.40. The third-order valence-corrected chi connectivity index (χ3v) is 5.16. The SMILES string of the molecule is CCNS(=O)(=O)c1cccc(C(=O)N2CCCCCC2)c1. The maximum atomic E-state index is 12.5. The number of carbonyl (C=O) groups excluding carboxylic acids is 1. The molecule has 1 aromatic rings. The normalized spacial score (nSPS) is 16.5. The predicted octanol–water partition coefficient (Wildman–Crippen LogP) is 2.00. The predicted molar refractivity (Wildman–Crippen MR) is 81.7 cm³/mol. The van der Waals surface area contributed by atoms with E-state index < -0.39 is 10.0 Å². The molecule has 0 aliphatic carbocycles. The standard InChI is InChI=1S/C15H22N2O3S/c1-2-16-21(19,20)14-9-7-8-13(12-14)15(18)17-10-5-3-4-6-11-17/h7-9,12,16H,2-6,10-11H2,1H3. The number of amides is 1. The Kier molecular flexibility index (Phi) is 5.36. The largest absolute Gasteiger partial charge is 0.339 e. The third-order valence-electron chi connectivity index (χ3n) is 3.62. The topological polar surface area (TPSA) is 66.5 Å². The van der Waals surface area contributed by atoms with Crippen LogP contribution in [0.5, 0.6) is 0 Å². The lowest BCUT2D eigenvalue weighted by Gasteiger charge is -2.20. The Morgan fingerprint density at radius 3 is 2.48 bits per heavy atom. The van der Waals surface area contributed by atoms with E-state index in [9.17, 15) is 13.2 Å². The molecule has 6 heteroatoms. The van der Waals surface area contributed by atoms with Gasteiger partial charge in [-0.05, 0) is 31.0 Å².